The van der Waals surface area contributed by atoms with Gasteiger partial charge in [0, 0.05) is 6.08 Å². The van der Waals surface area contributed by atoms with E-state index in [1.54, 1.807) is 6.08 Å². The van der Waals surface area contributed by atoms with Gasteiger partial charge in [0.25, 0.3) is 0 Å². The van der Waals surface area contributed by atoms with Crippen molar-refractivity contribution in [1.29, 1.82) is 0 Å². The molecule has 0 rings (SSSR count). The number of aliphatic carboxylic acids is 1. The van der Waals surface area contributed by atoms with Gasteiger partial charge in [-0.2, -0.15) is 0 Å². The van der Waals surface area contributed by atoms with E-state index in [0.717, 1.165) is 38.5 Å². The summed E-state index contributed by atoms with van der Waals surface area (Å²) in [6.07, 6.45) is 17.6. The number of aliphatic hydroxyl groups excluding tert-OH is 1. The van der Waals surface area contributed by atoms with Gasteiger partial charge in [0.15, 0.2) is 0 Å². The summed E-state index contributed by atoms with van der Waals surface area (Å²) >= 11 is 0. The molecule has 0 aromatic carbocycles. The molecule has 0 saturated heterocycles. The van der Waals surface area contributed by atoms with Crippen molar-refractivity contribution in [1.82, 2.24) is 0 Å². The van der Waals surface area contributed by atoms with Gasteiger partial charge in [0.05, 0.1) is 6.10 Å². The third-order valence-corrected chi connectivity index (χ3v) is 3.81. The first-order valence-electron chi connectivity index (χ1n) is 8.74. The van der Waals surface area contributed by atoms with Crippen molar-refractivity contribution >= 4 is 5.97 Å². The largest absolute Gasteiger partial charge is 0.478 e. The maximum Gasteiger partial charge on any atom is 0.327 e. The monoisotopic (exact) mass is 298 g/mol. The highest BCUT2D eigenvalue weighted by molar-refractivity contribution is 5.79. The van der Waals surface area contributed by atoms with Crippen LogP contribution in [0.5, 0.6) is 0 Å². The number of carbonyl (C=O) groups is 1. The summed E-state index contributed by atoms with van der Waals surface area (Å²) in [6, 6.07) is 0. The molecule has 2 N–H and O–H groups in total. The average molecular weight is 298 g/mol. The standard InChI is InChI=1S/C18H34O3/c1-2-3-4-5-6-7-8-11-14-17(19)15-12-9-10-13-16-18(20)21/h13,16-17,19H,2-12,14-15H2,1H3,(H,20,21). The summed E-state index contributed by atoms with van der Waals surface area (Å²) in [5, 5.41) is 18.3. The molecule has 0 radical (unpaired) electrons. The second-order valence-corrected chi connectivity index (χ2v) is 5.94. The summed E-state index contributed by atoms with van der Waals surface area (Å²) in [5.74, 6) is -0.885. The molecule has 0 aliphatic rings. The first kappa shape index (κ1) is 20.2. The number of rotatable bonds is 15. The van der Waals surface area contributed by atoms with Crippen LogP contribution in [-0.2, 0) is 4.79 Å². The lowest BCUT2D eigenvalue weighted by Gasteiger charge is -2.09. The molecule has 3 heteroatoms. The van der Waals surface area contributed by atoms with Crippen LogP contribution in [0.25, 0.3) is 0 Å². The SMILES string of the molecule is CCCCCCCCCCC(O)CCCCC=CC(=O)O. The number of carboxylic acids is 1. The first-order valence-corrected chi connectivity index (χ1v) is 8.74. The lowest BCUT2D eigenvalue weighted by molar-refractivity contribution is -0.131. The van der Waals surface area contributed by atoms with Gasteiger partial charge in [-0.3, -0.25) is 0 Å². The highest BCUT2D eigenvalue weighted by atomic mass is 16.4. The average Bonchev–Trinajstić information content (AvgIpc) is 2.45. The third-order valence-electron chi connectivity index (χ3n) is 3.81. The van der Waals surface area contributed by atoms with Crippen molar-refractivity contribution in [3.8, 4) is 0 Å². The van der Waals surface area contributed by atoms with Crippen LogP contribution in [-0.4, -0.2) is 22.3 Å². The van der Waals surface area contributed by atoms with Crippen LogP contribution < -0.4 is 0 Å². The predicted octanol–water partition coefficient (Wildman–Crippen LogP) is 5.08. The zero-order valence-electron chi connectivity index (χ0n) is 13.7. The van der Waals surface area contributed by atoms with Gasteiger partial charge < -0.3 is 10.2 Å². The molecule has 0 aromatic heterocycles. The Morgan fingerprint density at radius 2 is 1.43 bits per heavy atom. The number of hydrogen-bond donors (Lipinski definition) is 2. The number of aliphatic hydroxyl groups is 1. The molecule has 1 atom stereocenters. The zero-order valence-corrected chi connectivity index (χ0v) is 13.7. The number of unbranched alkanes of at least 4 members (excludes halogenated alkanes) is 9. The Balaban J connectivity index is 3.23. The lowest BCUT2D eigenvalue weighted by Crippen LogP contribution is -2.05. The molecule has 1 unspecified atom stereocenters. The summed E-state index contributed by atoms with van der Waals surface area (Å²) < 4.78 is 0. The van der Waals surface area contributed by atoms with Gasteiger partial charge in [-0.1, -0.05) is 70.8 Å². The zero-order chi connectivity index (χ0) is 15.8. The van der Waals surface area contributed by atoms with E-state index in [-0.39, 0.29) is 6.10 Å². The van der Waals surface area contributed by atoms with Gasteiger partial charge in [-0.15, -0.1) is 0 Å². The minimum Gasteiger partial charge on any atom is -0.478 e. The summed E-state index contributed by atoms with van der Waals surface area (Å²) in [5.41, 5.74) is 0. The van der Waals surface area contributed by atoms with Crippen LogP contribution >= 0.6 is 0 Å². The Hall–Kier alpha value is -0.830. The van der Waals surface area contributed by atoms with Crippen molar-refractivity contribution in [2.45, 2.75) is 96.5 Å². The molecule has 0 fully saturated rings. The Morgan fingerprint density at radius 1 is 0.905 bits per heavy atom. The van der Waals surface area contributed by atoms with Gasteiger partial charge >= 0.3 is 5.97 Å². The van der Waals surface area contributed by atoms with E-state index in [4.69, 9.17) is 5.11 Å². The highest BCUT2D eigenvalue weighted by Gasteiger charge is 2.03. The normalized spacial score (nSPS) is 12.9. The molecule has 21 heavy (non-hydrogen) atoms. The quantitative estimate of drug-likeness (QED) is 0.327. The van der Waals surface area contributed by atoms with Gasteiger partial charge in [0.1, 0.15) is 0 Å². The molecule has 0 amide bonds. The fourth-order valence-electron chi connectivity index (χ4n) is 2.48. The van der Waals surface area contributed by atoms with Crippen molar-refractivity contribution in [2.75, 3.05) is 0 Å². The third kappa shape index (κ3) is 17.1. The maximum absolute atomic E-state index is 10.3. The van der Waals surface area contributed by atoms with Crippen LogP contribution in [0.3, 0.4) is 0 Å². The van der Waals surface area contributed by atoms with E-state index in [0.29, 0.717) is 0 Å². The van der Waals surface area contributed by atoms with Crippen molar-refractivity contribution in [3.05, 3.63) is 12.2 Å². The van der Waals surface area contributed by atoms with Crippen LogP contribution in [0.2, 0.25) is 0 Å². The van der Waals surface area contributed by atoms with Crippen molar-refractivity contribution in [3.63, 3.8) is 0 Å². The minimum atomic E-state index is -0.885. The molecule has 0 aromatic rings. The number of hydrogen-bond acceptors (Lipinski definition) is 2. The summed E-state index contributed by atoms with van der Waals surface area (Å²) in [4.78, 5) is 10.3. The summed E-state index contributed by atoms with van der Waals surface area (Å²) in [6.45, 7) is 2.24. The van der Waals surface area contributed by atoms with E-state index in [1.807, 2.05) is 0 Å². The van der Waals surface area contributed by atoms with Crippen LogP contribution in [0, 0.1) is 0 Å². The van der Waals surface area contributed by atoms with Gasteiger partial charge in [-0.25, -0.2) is 4.79 Å². The van der Waals surface area contributed by atoms with E-state index in [2.05, 4.69) is 6.92 Å². The maximum atomic E-state index is 10.3. The highest BCUT2D eigenvalue weighted by Crippen LogP contribution is 2.13. The second kappa shape index (κ2) is 15.6. The minimum absolute atomic E-state index is 0.173. The molecule has 0 bridgehead atoms. The Bertz CT molecular complexity index is 261. The summed E-state index contributed by atoms with van der Waals surface area (Å²) in [7, 11) is 0. The van der Waals surface area contributed by atoms with E-state index in [1.165, 1.54) is 51.0 Å². The molecular formula is C18H34O3. The Morgan fingerprint density at radius 3 is 2.00 bits per heavy atom. The lowest BCUT2D eigenvalue weighted by atomic mass is 10.0. The van der Waals surface area contributed by atoms with E-state index in [9.17, 15) is 9.90 Å². The van der Waals surface area contributed by atoms with Crippen molar-refractivity contribution in [2.24, 2.45) is 0 Å². The fourth-order valence-corrected chi connectivity index (χ4v) is 2.48. The molecular weight excluding hydrogens is 264 g/mol. The van der Waals surface area contributed by atoms with Crippen molar-refractivity contribution < 1.29 is 15.0 Å². The van der Waals surface area contributed by atoms with Gasteiger partial charge in [-0.05, 0) is 25.7 Å². The topological polar surface area (TPSA) is 57.5 Å². The molecule has 0 aliphatic heterocycles. The smallest absolute Gasteiger partial charge is 0.327 e. The van der Waals surface area contributed by atoms with Crippen LogP contribution in [0.1, 0.15) is 90.4 Å². The Labute approximate surface area is 130 Å². The van der Waals surface area contributed by atoms with Crippen LogP contribution in [0.15, 0.2) is 12.2 Å². The second-order valence-electron chi connectivity index (χ2n) is 5.94. The van der Waals surface area contributed by atoms with Gasteiger partial charge in [0.2, 0.25) is 0 Å². The van der Waals surface area contributed by atoms with E-state index < -0.39 is 5.97 Å². The Kier molecular flexibility index (Phi) is 14.9. The first-order chi connectivity index (χ1) is 10.2. The van der Waals surface area contributed by atoms with Crippen LogP contribution in [0.4, 0.5) is 0 Å². The number of allylic oxidation sites excluding steroid dienone is 1. The van der Waals surface area contributed by atoms with E-state index >= 15 is 0 Å². The molecule has 124 valence electrons. The molecule has 3 nitrogen and oxygen atoms in total. The molecule has 0 saturated carbocycles. The molecule has 0 spiro atoms. The predicted molar refractivity (Wildman–Crippen MR) is 88.5 cm³/mol. The molecule has 0 aliphatic carbocycles. The number of carboxylic acid groups (broad SMARTS) is 1. The fraction of sp³-hybridized carbons (Fsp3) is 0.833. The molecule has 0 heterocycles.